The van der Waals surface area contributed by atoms with Crippen molar-refractivity contribution in [2.24, 2.45) is 11.8 Å². The van der Waals surface area contributed by atoms with Crippen LogP contribution in [0.1, 0.15) is 44.9 Å². The fourth-order valence-corrected chi connectivity index (χ4v) is 4.35. The van der Waals surface area contributed by atoms with Crippen LogP contribution in [0.15, 0.2) is 38.0 Å². The third kappa shape index (κ3) is 3.20. The molecule has 1 aliphatic heterocycles. The van der Waals surface area contributed by atoms with Crippen LogP contribution >= 0.6 is 0 Å². The number of piperidine rings is 1. The van der Waals surface area contributed by atoms with Crippen LogP contribution in [0.4, 0.5) is 0 Å². The number of rotatable bonds is 6. The van der Waals surface area contributed by atoms with Gasteiger partial charge >= 0.3 is 0 Å². The van der Waals surface area contributed by atoms with Crippen LogP contribution in [-0.2, 0) is 0 Å². The molecule has 0 bridgehead atoms. The first kappa shape index (κ1) is 14.6. The number of likely N-dealkylation sites (tertiary alicyclic amines) is 1. The first-order valence-corrected chi connectivity index (χ1v) is 7.90. The molecule has 1 heteroatoms. The highest BCUT2D eigenvalue weighted by Gasteiger charge is 2.41. The van der Waals surface area contributed by atoms with Crippen molar-refractivity contribution < 1.29 is 0 Å². The summed E-state index contributed by atoms with van der Waals surface area (Å²) in [5.74, 6) is 1.66. The fraction of sp³-hybridized carbons (Fsp3) is 0.667. The fourth-order valence-electron chi connectivity index (χ4n) is 4.35. The minimum absolute atomic E-state index is 0.646. The van der Waals surface area contributed by atoms with Crippen LogP contribution in [0.2, 0.25) is 0 Å². The normalized spacial score (nSPS) is 35.4. The molecule has 19 heavy (non-hydrogen) atoms. The lowest BCUT2D eigenvalue weighted by Gasteiger charge is -2.52. The first-order chi connectivity index (χ1) is 9.31. The Labute approximate surface area is 119 Å². The van der Waals surface area contributed by atoms with Crippen LogP contribution in [0.25, 0.3) is 0 Å². The van der Waals surface area contributed by atoms with E-state index in [1.807, 2.05) is 0 Å². The minimum Gasteiger partial charge on any atom is -0.293 e. The van der Waals surface area contributed by atoms with Gasteiger partial charge in [0.15, 0.2) is 0 Å². The number of allylic oxidation sites excluding steroid dienone is 1. The lowest BCUT2D eigenvalue weighted by Crippen LogP contribution is -2.55. The maximum atomic E-state index is 3.97. The molecule has 0 radical (unpaired) electrons. The van der Waals surface area contributed by atoms with Crippen molar-refractivity contribution in [3.63, 3.8) is 0 Å². The lowest BCUT2D eigenvalue weighted by atomic mass is 9.70. The van der Waals surface area contributed by atoms with Gasteiger partial charge in [0.05, 0.1) is 0 Å². The predicted octanol–water partition coefficient (Wildman–Crippen LogP) is 4.57. The van der Waals surface area contributed by atoms with E-state index >= 15 is 0 Å². The van der Waals surface area contributed by atoms with Gasteiger partial charge in [0.1, 0.15) is 0 Å². The smallest absolute Gasteiger partial charge is 0.0167 e. The molecule has 4 unspecified atom stereocenters. The van der Waals surface area contributed by atoms with E-state index in [1.165, 1.54) is 32.1 Å². The zero-order chi connectivity index (χ0) is 13.7. The van der Waals surface area contributed by atoms with E-state index in [2.05, 4.69) is 42.9 Å². The second kappa shape index (κ2) is 7.09. The van der Waals surface area contributed by atoms with E-state index in [1.54, 1.807) is 0 Å². The van der Waals surface area contributed by atoms with Gasteiger partial charge in [-0.1, -0.05) is 31.1 Å². The summed E-state index contributed by atoms with van der Waals surface area (Å²) in [7, 11) is 0. The highest BCUT2D eigenvalue weighted by Crippen LogP contribution is 2.42. The molecule has 0 N–H and O–H groups in total. The third-order valence-electron chi connectivity index (χ3n) is 5.09. The Hall–Kier alpha value is -0.820. The van der Waals surface area contributed by atoms with Crippen LogP contribution < -0.4 is 0 Å². The molecule has 1 nitrogen and oxygen atoms in total. The summed E-state index contributed by atoms with van der Waals surface area (Å²) in [5.41, 5.74) is 0. The third-order valence-corrected chi connectivity index (χ3v) is 5.09. The Morgan fingerprint density at radius 3 is 2.37 bits per heavy atom. The van der Waals surface area contributed by atoms with E-state index in [0.29, 0.717) is 6.04 Å². The van der Waals surface area contributed by atoms with Gasteiger partial charge in [-0.15, -0.1) is 19.7 Å². The van der Waals surface area contributed by atoms with E-state index in [4.69, 9.17) is 0 Å². The maximum absolute atomic E-state index is 3.97. The zero-order valence-corrected chi connectivity index (χ0v) is 12.3. The van der Waals surface area contributed by atoms with Crippen molar-refractivity contribution in [1.82, 2.24) is 4.90 Å². The second-order valence-corrected chi connectivity index (χ2v) is 6.21. The van der Waals surface area contributed by atoms with Gasteiger partial charge in [0.2, 0.25) is 0 Å². The predicted molar refractivity (Wildman–Crippen MR) is 84.2 cm³/mol. The van der Waals surface area contributed by atoms with Crippen molar-refractivity contribution in [2.75, 3.05) is 6.54 Å². The summed E-state index contributed by atoms with van der Waals surface area (Å²) < 4.78 is 0. The van der Waals surface area contributed by atoms with Crippen LogP contribution in [0, 0.1) is 11.8 Å². The summed E-state index contributed by atoms with van der Waals surface area (Å²) >= 11 is 0. The molecule has 2 aliphatic rings. The number of fused-ring (bicyclic) bond motifs is 1. The monoisotopic (exact) mass is 259 g/mol. The average molecular weight is 259 g/mol. The Bertz CT molecular complexity index is 320. The molecule has 0 aromatic carbocycles. The molecule has 1 saturated heterocycles. The number of hydrogen-bond donors (Lipinski definition) is 0. The standard InChI is InChI=1S/C18H29N/c1-4-9-15-14-16-11-7-8-12-18(16)19(13-6-3)17(15)10-5-2/h4-6,15-18H,1-3,7-14H2. The first-order valence-electron chi connectivity index (χ1n) is 7.90. The SMILES string of the molecule is C=CCC1CC2CCCCC2N(CC=C)C1CC=C. The van der Waals surface area contributed by atoms with Gasteiger partial charge in [-0.25, -0.2) is 0 Å². The highest BCUT2D eigenvalue weighted by atomic mass is 15.2. The summed E-state index contributed by atoms with van der Waals surface area (Å²) in [5, 5.41) is 0. The molecule has 1 aliphatic carbocycles. The molecule has 1 saturated carbocycles. The minimum atomic E-state index is 0.646. The van der Waals surface area contributed by atoms with Crippen molar-refractivity contribution in [2.45, 2.75) is 57.0 Å². The summed E-state index contributed by atoms with van der Waals surface area (Å²) in [6.45, 7) is 12.9. The van der Waals surface area contributed by atoms with Crippen molar-refractivity contribution in [3.8, 4) is 0 Å². The number of nitrogens with zero attached hydrogens (tertiary/aromatic N) is 1. The Morgan fingerprint density at radius 1 is 0.947 bits per heavy atom. The largest absolute Gasteiger partial charge is 0.293 e. The quantitative estimate of drug-likeness (QED) is 0.631. The molecular formula is C18H29N. The Kier molecular flexibility index (Phi) is 5.45. The van der Waals surface area contributed by atoms with Gasteiger partial charge < -0.3 is 0 Å². The van der Waals surface area contributed by atoms with E-state index < -0.39 is 0 Å². The van der Waals surface area contributed by atoms with Gasteiger partial charge in [-0.3, -0.25) is 4.90 Å². The van der Waals surface area contributed by atoms with Gasteiger partial charge in [-0.05, 0) is 43.9 Å². The molecule has 106 valence electrons. The molecule has 1 heterocycles. The molecule has 2 rings (SSSR count). The van der Waals surface area contributed by atoms with Crippen molar-refractivity contribution in [3.05, 3.63) is 38.0 Å². The second-order valence-electron chi connectivity index (χ2n) is 6.21. The molecular weight excluding hydrogens is 230 g/mol. The molecule has 4 atom stereocenters. The summed E-state index contributed by atoms with van der Waals surface area (Å²) in [4.78, 5) is 2.73. The van der Waals surface area contributed by atoms with Crippen LogP contribution in [0.5, 0.6) is 0 Å². The molecule has 0 aromatic rings. The van der Waals surface area contributed by atoms with Gasteiger partial charge in [0, 0.05) is 18.6 Å². The maximum Gasteiger partial charge on any atom is 0.0167 e. The molecule has 2 fully saturated rings. The topological polar surface area (TPSA) is 3.24 Å². The van der Waals surface area contributed by atoms with E-state index in [9.17, 15) is 0 Å². The lowest BCUT2D eigenvalue weighted by molar-refractivity contribution is -0.0115. The average Bonchev–Trinajstić information content (AvgIpc) is 2.43. The number of hydrogen-bond acceptors (Lipinski definition) is 1. The Balaban J connectivity index is 2.19. The van der Waals surface area contributed by atoms with E-state index in [-0.39, 0.29) is 0 Å². The van der Waals surface area contributed by atoms with Crippen LogP contribution in [-0.4, -0.2) is 23.5 Å². The van der Waals surface area contributed by atoms with Crippen LogP contribution in [0.3, 0.4) is 0 Å². The van der Waals surface area contributed by atoms with Gasteiger partial charge in [-0.2, -0.15) is 0 Å². The van der Waals surface area contributed by atoms with Gasteiger partial charge in [0.25, 0.3) is 0 Å². The zero-order valence-electron chi connectivity index (χ0n) is 12.3. The van der Waals surface area contributed by atoms with Crippen molar-refractivity contribution >= 4 is 0 Å². The van der Waals surface area contributed by atoms with Crippen molar-refractivity contribution in [1.29, 1.82) is 0 Å². The summed E-state index contributed by atoms with van der Waals surface area (Å²) in [6, 6.07) is 1.44. The Morgan fingerprint density at radius 2 is 1.68 bits per heavy atom. The molecule has 0 amide bonds. The summed E-state index contributed by atoms with van der Waals surface area (Å²) in [6.07, 6.45) is 15.6. The highest BCUT2D eigenvalue weighted by molar-refractivity contribution is 5.01. The molecule has 0 aromatic heterocycles. The van der Waals surface area contributed by atoms with E-state index in [0.717, 1.165) is 37.3 Å². The molecule has 0 spiro atoms.